The third-order valence-corrected chi connectivity index (χ3v) is 6.94. The van der Waals surface area contributed by atoms with Crippen molar-refractivity contribution in [2.24, 2.45) is 0 Å². The van der Waals surface area contributed by atoms with Gasteiger partial charge < -0.3 is 19.9 Å². The lowest BCUT2D eigenvalue weighted by atomic mass is 10.0. The minimum absolute atomic E-state index is 0.233. The molecule has 2 aliphatic rings. The van der Waals surface area contributed by atoms with Gasteiger partial charge in [-0.3, -0.25) is 4.79 Å². The summed E-state index contributed by atoms with van der Waals surface area (Å²) in [5, 5.41) is 6.52. The van der Waals surface area contributed by atoms with Crippen LogP contribution in [0.5, 0.6) is 0 Å². The number of nitrogens with zero attached hydrogens (tertiary/aromatic N) is 5. The van der Waals surface area contributed by atoms with E-state index in [4.69, 9.17) is 0 Å². The molecule has 1 amide bonds. The van der Waals surface area contributed by atoms with Crippen molar-refractivity contribution in [3.8, 4) is 0 Å². The molecular weight excluding hydrogens is 441 g/mol. The molecule has 0 unspecified atom stereocenters. The largest absolute Gasteiger partial charge is 0.370 e. The van der Waals surface area contributed by atoms with Crippen LogP contribution in [0.15, 0.2) is 30.6 Å². The number of carbonyl (C=O) groups excluding carboxylic acids is 1. The summed E-state index contributed by atoms with van der Waals surface area (Å²) in [6.45, 7) is 3.70. The summed E-state index contributed by atoms with van der Waals surface area (Å²) in [4.78, 5) is 19.6. The van der Waals surface area contributed by atoms with E-state index >= 15 is 0 Å². The van der Waals surface area contributed by atoms with Gasteiger partial charge in [0.05, 0.1) is 34.4 Å². The maximum Gasteiger partial charge on any atom is 0.258 e. The number of benzene rings is 1. The molecule has 4 heterocycles. The van der Waals surface area contributed by atoms with Gasteiger partial charge in [0.25, 0.3) is 5.91 Å². The number of hydrogen-bond acceptors (Lipinski definition) is 7. The van der Waals surface area contributed by atoms with Crippen molar-refractivity contribution in [3.63, 3.8) is 0 Å². The number of pyridine rings is 1. The standard InChI is InChI=1S/C23H24FN7OS/c1-13-11-31-12-16(10-18(24)22(31)25-13)27-23(32)17-4-5-19(21-20(17)28-33-29-21)30-8-6-15(7-9-30)26-14-2-3-14/h4-5,10-12,14-15,26H,2-3,6-9H2,1H3,(H,27,32). The van der Waals surface area contributed by atoms with Crippen molar-refractivity contribution in [1.29, 1.82) is 0 Å². The zero-order valence-electron chi connectivity index (χ0n) is 18.2. The third kappa shape index (κ3) is 3.93. The molecule has 170 valence electrons. The molecule has 4 aromatic rings. The van der Waals surface area contributed by atoms with Crippen LogP contribution in [-0.2, 0) is 0 Å². The van der Waals surface area contributed by atoms with Gasteiger partial charge in [-0.1, -0.05) is 0 Å². The van der Waals surface area contributed by atoms with E-state index in [1.54, 1.807) is 29.8 Å². The van der Waals surface area contributed by atoms with E-state index < -0.39 is 5.82 Å². The Morgan fingerprint density at radius 2 is 1.85 bits per heavy atom. The molecule has 3 aromatic heterocycles. The Kier molecular flexibility index (Phi) is 4.99. The fourth-order valence-corrected chi connectivity index (χ4v) is 5.18. The molecule has 6 rings (SSSR count). The van der Waals surface area contributed by atoms with Crippen molar-refractivity contribution < 1.29 is 9.18 Å². The minimum Gasteiger partial charge on any atom is -0.370 e. The molecule has 2 fully saturated rings. The van der Waals surface area contributed by atoms with Crippen LogP contribution in [0.3, 0.4) is 0 Å². The third-order valence-electron chi connectivity index (χ3n) is 6.41. The van der Waals surface area contributed by atoms with Crippen LogP contribution in [-0.4, -0.2) is 49.2 Å². The van der Waals surface area contributed by atoms with Crippen molar-refractivity contribution in [2.45, 2.75) is 44.7 Å². The monoisotopic (exact) mass is 465 g/mol. The second kappa shape index (κ2) is 8.03. The number of nitrogens with one attached hydrogen (secondary N) is 2. The first kappa shape index (κ1) is 20.5. The van der Waals surface area contributed by atoms with Crippen LogP contribution in [0.2, 0.25) is 0 Å². The highest BCUT2D eigenvalue weighted by molar-refractivity contribution is 7.00. The molecule has 0 spiro atoms. The predicted octanol–water partition coefficient (Wildman–Crippen LogP) is 3.76. The Morgan fingerprint density at radius 1 is 1.09 bits per heavy atom. The SMILES string of the molecule is Cc1cn2cc(NC(=O)c3ccc(N4CCC(NC5CC5)CC4)c4nsnc34)cc(F)c2n1. The summed E-state index contributed by atoms with van der Waals surface area (Å²) >= 11 is 1.10. The van der Waals surface area contributed by atoms with Gasteiger partial charge in [0.2, 0.25) is 0 Å². The molecular formula is C23H24FN7OS. The first-order chi connectivity index (χ1) is 16.0. The van der Waals surface area contributed by atoms with Gasteiger partial charge in [0.1, 0.15) is 11.0 Å². The number of aryl methyl sites for hydroxylation is 1. The lowest BCUT2D eigenvalue weighted by Crippen LogP contribution is -2.43. The summed E-state index contributed by atoms with van der Waals surface area (Å²) in [6, 6.07) is 6.33. The smallest absolute Gasteiger partial charge is 0.258 e. The van der Waals surface area contributed by atoms with Crippen LogP contribution >= 0.6 is 11.7 Å². The van der Waals surface area contributed by atoms with E-state index in [9.17, 15) is 9.18 Å². The van der Waals surface area contributed by atoms with Gasteiger partial charge in [-0.05, 0) is 44.7 Å². The zero-order chi connectivity index (χ0) is 22.5. The van der Waals surface area contributed by atoms with E-state index in [0.717, 1.165) is 54.9 Å². The number of halogens is 1. The van der Waals surface area contributed by atoms with E-state index in [1.165, 1.54) is 18.9 Å². The molecule has 0 atom stereocenters. The fourth-order valence-electron chi connectivity index (χ4n) is 4.61. The molecule has 8 nitrogen and oxygen atoms in total. The summed E-state index contributed by atoms with van der Waals surface area (Å²) < 4.78 is 24.9. The molecule has 1 aliphatic carbocycles. The number of aromatic nitrogens is 4. The maximum atomic E-state index is 14.4. The van der Waals surface area contributed by atoms with Gasteiger partial charge in [0.15, 0.2) is 11.5 Å². The second-order valence-corrected chi connectivity index (χ2v) is 9.47. The second-order valence-electron chi connectivity index (χ2n) is 8.94. The molecule has 1 saturated carbocycles. The van der Waals surface area contributed by atoms with E-state index in [2.05, 4.69) is 29.3 Å². The first-order valence-electron chi connectivity index (χ1n) is 11.3. The fraction of sp³-hybridized carbons (Fsp3) is 0.391. The number of anilines is 2. The van der Waals surface area contributed by atoms with Gasteiger partial charge in [0, 0.05) is 43.6 Å². The number of piperidine rings is 1. The molecule has 0 radical (unpaired) electrons. The number of rotatable bonds is 5. The zero-order valence-corrected chi connectivity index (χ0v) is 19.0. The summed E-state index contributed by atoms with van der Waals surface area (Å²) in [6.07, 6.45) is 8.17. The lowest BCUT2D eigenvalue weighted by molar-refractivity contribution is 0.102. The van der Waals surface area contributed by atoms with E-state index in [1.807, 2.05) is 6.07 Å². The van der Waals surface area contributed by atoms with E-state index in [0.29, 0.717) is 28.5 Å². The van der Waals surface area contributed by atoms with Gasteiger partial charge >= 0.3 is 0 Å². The first-order valence-corrected chi connectivity index (χ1v) is 12.0. The number of fused-ring (bicyclic) bond motifs is 2. The Labute approximate surface area is 194 Å². The summed E-state index contributed by atoms with van der Waals surface area (Å²) in [5.74, 6) is -0.835. The molecule has 10 heteroatoms. The highest BCUT2D eigenvalue weighted by Gasteiger charge is 2.28. The lowest BCUT2D eigenvalue weighted by Gasteiger charge is -2.34. The minimum atomic E-state index is -0.490. The number of imidazole rings is 1. The van der Waals surface area contributed by atoms with Gasteiger partial charge in [-0.2, -0.15) is 8.75 Å². The van der Waals surface area contributed by atoms with Crippen LogP contribution in [0.25, 0.3) is 16.7 Å². The Balaban J connectivity index is 1.23. The van der Waals surface area contributed by atoms with Crippen molar-refractivity contribution >= 4 is 45.7 Å². The van der Waals surface area contributed by atoms with Crippen LogP contribution in [0, 0.1) is 12.7 Å². The van der Waals surface area contributed by atoms with Crippen LogP contribution in [0.1, 0.15) is 41.7 Å². The van der Waals surface area contributed by atoms with Crippen molar-refractivity contribution in [3.05, 3.63) is 47.7 Å². The Bertz CT molecular complexity index is 1350. The predicted molar refractivity (Wildman–Crippen MR) is 127 cm³/mol. The van der Waals surface area contributed by atoms with Crippen molar-refractivity contribution in [2.75, 3.05) is 23.3 Å². The van der Waals surface area contributed by atoms with Crippen molar-refractivity contribution in [1.82, 2.24) is 23.4 Å². The quantitative estimate of drug-likeness (QED) is 0.467. The molecule has 1 aromatic carbocycles. The highest BCUT2D eigenvalue weighted by atomic mass is 32.1. The molecule has 33 heavy (non-hydrogen) atoms. The number of hydrogen-bond donors (Lipinski definition) is 2. The normalized spacial score (nSPS) is 17.2. The van der Waals surface area contributed by atoms with Gasteiger partial charge in [-0.25, -0.2) is 9.37 Å². The highest BCUT2D eigenvalue weighted by Crippen LogP contribution is 2.31. The average molecular weight is 466 g/mol. The van der Waals surface area contributed by atoms with E-state index in [-0.39, 0.29) is 11.6 Å². The number of carbonyl (C=O) groups is 1. The maximum absolute atomic E-state index is 14.4. The Morgan fingerprint density at radius 3 is 2.64 bits per heavy atom. The average Bonchev–Trinajstić information content (AvgIpc) is 3.32. The van der Waals surface area contributed by atoms with Gasteiger partial charge in [-0.15, -0.1) is 0 Å². The Hall–Kier alpha value is -3.11. The molecule has 1 saturated heterocycles. The molecule has 2 N–H and O–H groups in total. The molecule has 1 aliphatic heterocycles. The summed E-state index contributed by atoms with van der Waals surface area (Å²) in [7, 11) is 0. The topological polar surface area (TPSA) is 87.5 Å². The van der Waals surface area contributed by atoms with Crippen LogP contribution < -0.4 is 15.5 Å². The number of amides is 1. The van der Waals surface area contributed by atoms with Crippen LogP contribution in [0.4, 0.5) is 15.8 Å². The summed E-state index contributed by atoms with van der Waals surface area (Å²) in [5.41, 5.74) is 4.05. The molecule has 0 bridgehead atoms.